The minimum absolute atomic E-state index is 0.0135. The van der Waals surface area contributed by atoms with E-state index in [0.29, 0.717) is 33.9 Å². The third-order valence-electron chi connectivity index (χ3n) is 6.37. The van der Waals surface area contributed by atoms with Crippen molar-refractivity contribution in [2.24, 2.45) is 5.73 Å². The van der Waals surface area contributed by atoms with Gasteiger partial charge in [-0.2, -0.15) is 15.2 Å². The van der Waals surface area contributed by atoms with Crippen LogP contribution >= 0.6 is 0 Å². The molecule has 4 heterocycles. The van der Waals surface area contributed by atoms with E-state index in [1.165, 1.54) is 24.7 Å². The van der Waals surface area contributed by atoms with Gasteiger partial charge in [0.15, 0.2) is 12.0 Å². The SMILES string of the molecule is CC(C)c1cc(NC(=O)Nc2cc(Oc3nccc(-c4cn[nH]c4)n3)c(CN)cc2F)n(-c2ccc3ocnc3c2)n1. The molecule has 0 bridgehead atoms. The quantitative estimate of drug-likeness (QED) is 0.189. The fourth-order valence-corrected chi connectivity index (χ4v) is 4.20. The molecule has 0 radical (unpaired) electrons. The number of nitrogens with one attached hydrogen (secondary N) is 3. The van der Waals surface area contributed by atoms with E-state index in [4.69, 9.17) is 14.9 Å². The summed E-state index contributed by atoms with van der Waals surface area (Å²) in [7, 11) is 0. The van der Waals surface area contributed by atoms with Gasteiger partial charge in [0.05, 0.1) is 29.0 Å². The summed E-state index contributed by atoms with van der Waals surface area (Å²) in [6.07, 6.45) is 6.17. The smallest absolute Gasteiger partial charge is 0.324 e. The summed E-state index contributed by atoms with van der Waals surface area (Å²) in [6, 6.07) is 10.6. The Morgan fingerprint density at radius 1 is 1.17 bits per heavy atom. The summed E-state index contributed by atoms with van der Waals surface area (Å²) in [4.78, 5) is 25.8. The molecule has 4 aromatic heterocycles. The van der Waals surface area contributed by atoms with E-state index in [1.807, 2.05) is 13.8 Å². The third kappa shape index (κ3) is 5.38. The van der Waals surface area contributed by atoms with Crippen LogP contribution in [0.5, 0.6) is 11.8 Å². The zero-order chi connectivity index (χ0) is 29.2. The van der Waals surface area contributed by atoms with Crippen molar-refractivity contribution in [2.45, 2.75) is 26.3 Å². The molecule has 42 heavy (non-hydrogen) atoms. The summed E-state index contributed by atoms with van der Waals surface area (Å²) >= 11 is 0. The molecular weight excluding hydrogens is 543 g/mol. The third-order valence-corrected chi connectivity index (χ3v) is 6.37. The van der Waals surface area contributed by atoms with Crippen molar-refractivity contribution in [3.05, 3.63) is 84.5 Å². The summed E-state index contributed by atoms with van der Waals surface area (Å²) in [5, 5.41) is 16.6. The molecule has 0 atom stereocenters. The molecule has 0 aliphatic carbocycles. The minimum Gasteiger partial charge on any atom is -0.443 e. The molecule has 0 aliphatic heterocycles. The lowest BCUT2D eigenvalue weighted by molar-refractivity contribution is 0.262. The van der Waals surface area contributed by atoms with Gasteiger partial charge >= 0.3 is 12.0 Å². The Balaban J connectivity index is 1.25. The Labute approximate surface area is 238 Å². The lowest BCUT2D eigenvalue weighted by atomic mass is 10.1. The summed E-state index contributed by atoms with van der Waals surface area (Å²) in [5.41, 5.74) is 10.0. The van der Waals surface area contributed by atoms with Gasteiger partial charge in [0, 0.05) is 42.2 Å². The van der Waals surface area contributed by atoms with Crippen LogP contribution in [0.2, 0.25) is 0 Å². The number of carbonyl (C=O) groups excluding carboxylic acids is 1. The number of halogens is 1. The Morgan fingerprint density at radius 2 is 2.05 bits per heavy atom. The predicted octanol–water partition coefficient (Wildman–Crippen LogP) is 5.35. The number of rotatable bonds is 8. The molecule has 2 aromatic carbocycles. The Kier molecular flexibility index (Phi) is 7.02. The Hall–Kier alpha value is -5.63. The van der Waals surface area contributed by atoms with Crippen LogP contribution in [0.4, 0.5) is 20.7 Å². The van der Waals surface area contributed by atoms with E-state index in [9.17, 15) is 4.79 Å². The molecule has 212 valence electrons. The van der Waals surface area contributed by atoms with E-state index in [2.05, 4.69) is 40.9 Å². The van der Waals surface area contributed by atoms with Gasteiger partial charge in [-0.05, 0) is 36.2 Å². The van der Waals surface area contributed by atoms with Gasteiger partial charge in [-0.25, -0.2) is 23.8 Å². The standard InChI is InChI=1S/C28H25FN10O3/c1-15(2)21-10-26(39(38-21)18-3-4-24-23(8-18)32-14-41-24)37-27(40)35-22-9-25(16(11-30)7-19(22)29)42-28-31-6-5-20(36-28)17-12-33-34-13-17/h3-10,12-15H,11,30H2,1-2H3,(H,33,34)(H2,35,37,40). The van der Waals surface area contributed by atoms with Crippen molar-refractivity contribution in [2.75, 3.05) is 10.6 Å². The number of nitrogens with two attached hydrogens (primary N) is 1. The number of urea groups is 1. The normalized spacial score (nSPS) is 11.3. The van der Waals surface area contributed by atoms with Crippen molar-refractivity contribution < 1.29 is 18.3 Å². The van der Waals surface area contributed by atoms with Crippen LogP contribution < -0.4 is 21.1 Å². The highest BCUT2D eigenvalue weighted by Gasteiger charge is 2.18. The zero-order valence-corrected chi connectivity index (χ0v) is 22.5. The van der Waals surface area contributed by atoms with Gasteiger partial charge in [0.25, 0.3) is 0 Å². The summed E-state index contributed by atoms with van der Waals surface area (Å²) in [5.74, 6) is -0.0507. The van der Waals surface area contributed by atoms with Gasteiger partial charge < -0.3 is 20.2 Å². The van der Waals surface area contributed by atoms with Crippen LogP contribution in [-0.4, -0.2) is 41.0 Å². The van der Waals surface area contributed by atoms with Crippen LogP contribution in [-0.2, 0) is 6.54 Å². The molecule has 0 saturated carbocycles. The average molecular weight is 569 g/mol. The molecule has 0 unspecified atom stereocenters. The van der Waals surface area contributed by atoms with E-state index >= 15 is 4.39 Å². The van der Waals surface area contributed by atoms with Crippen LogP contribution in [0.15, 0.2) is 71.9 Å². The second kappa shape index (κ2) is 11.1. The largest absolute Gasteiger partial charge is 0.443 e. The number of nitrogens with zero attached hydrogens (tertiary/aromatic N) is 6. The van der Waals surface area contributed by atoms with E-state index in [-0.39, 0.29) is 29.9 Å². The number of carbonyl (C=O) groups is 1. The average Bonchev–Trinajstić information content (AvgIpc) is 3.76. The number of ether oxygens (including phenoxy) is 1. The van der Waals surface area contributed by atoms with E-state index in [0.717, 1.165) is 11.3 Å². The first-order chi connectivity index (χ1) is 20.4. The highest BCUT2D eigenvalue weighted by Crippen LogP contribution is 2.31. The molecule has 13 nitrogen and oxygen atoms in total. The summed E-state index contributed by atoms with van der Waals surface area (Å²) < 4.78 is 27.8. The first kappa shape index (κ1) is 26.6. The van der Waals surface area contributed by atoms with Crippen molar-refractivity contribution in [1.82, 2.24) is 34.9 Å². The van der Waals surface area contributed by atoms with Crippen LogP contribution in [0.1, 0.15) is 31.0 Å². The fourth-order valence-electron chi connectivity index (χ4n) is 4.20. The first-order valence-corrected chi connectivity index (χ1v) is 12.9. The van der Waals surface area contributed by atoms with Crippen molar-refractivity contribution in [1.29, 1.82) is 0 Å². The number of hydrogen-bond acceptors (Lipinski definition) is 9. The highest BCUT2D eigenvalue weighted by molar-refractivity contribution is 5.99. The molecular formula is C28H25FN10O3. The highest BCUT2D eigenvalue weighted by atomic mass is 19.1. The maximum Gasteiger partial charge on any atom is 0.324 e. The van der Waals surface area contributed by atoms with Crippen LogP contribution in [0, 0.1) is 5.82 Å². The maximum atomic E-state index is 15.0. The fraction of sp³-hybridized carbons (Fsp3) is 0.143. The van der Waals surface area contributed by atoms with E-state index < -0.39 is 11.8 Å². The molecule has 14 heteroatoms. The predicted molar refractivity (Wildman–Crippen MR) is 152 cm³/mol. The molecule has 6 aromatic rings. The molecule has 0 fully saturated rings. The molecule has 5 N–H and O–H groups in total. The number of benzene rings is 2. The topological polar surface area (TPSA) is 175 Å². The first-order valence-electron chi connectivity index (χ1n) is 12.9. The number of amides is 2. The van der Waals surface area contributed by atoms with Crippen molar-refractivity contribution in [3.8, 4) is 28.7 Å². The second-order valence-electron chi connectivity index (χ2n) is 9.56. The summed E-state index contributed by atoms with van der Waals surface area (Å²) in [6.45, 7) is 3.96. The van der Waals surface area contributed by atoms with E-state index in [1.54, 1.807) is 47.4 Å². The molecule has 6 rings (SSSR count). The van der Waals surface area contributed by atoms with Crippen molar-refractivity contribution in [3.63, 3.8) is 0 Å². The maximum absolute atomic E-state index is 15.0. The number of anilines is 2. The van der Waals surface area contributed by atoms with Gasteiger partial charge in [-0.3, -0.25) is 10.4 Å². The molecule has 0 spiro atoms. The number of H-pyrrole nitrogens is 1. The number of aromatic amines is 1. The van der Waals surface area contributed by atoms with Crippen molar-refractivity contribution >= 4 is 28.6 Å². The lowest BCUT2D eigenvalue weighted by Gasteiger charge is -2.14. The van der Waals surface area contributed by atoms with Gasteiger partial charge in [-0.15, -0.1) is 0 Å². The monoisotopic (exact) mass is 568 g/mol. The van der Waals surface area contributed by atoms with Gasteiger partial charge in [0.1, 0.15) is 22.9 Å². The minimum atomic E-state index is -0.697. The lowest BCUT2D eigenvalue weighted by Crippen LogP contribution is -2.22. The van der Waals surface area contributed by atoms with Gasteiger partial charge in [0.2, 0.25) is 0 Å². The number of aromatic nitrogens is 7. The second-order valence-corrected chi connectivity index (χ2v) is 9.56. The number of fused-ring (bicyclic) bond motifs is 1. The zero-order valence-electron chi connectivity index (χ0n) is 22.5. The Morgan fingerprint density at radius 3 is 2.83 bits per heavy atom. The molecule has 0 saturated heterocycles. The van der Waals surface area contributed by atoms with Crippen LogP contribution in [0.25, 0.3) is 28.0 Å². The number of hydrogen-bond donors (Lipinski definition) is 4. The molecule has 0 aliphatic rings. The van der Waals surface area contributed by atoms with Gasteiger partial charge in [-0.1, -0.05) is 13.8 Å². The number of oxazole rings is 1. The molecule has 2 amide bonds. The Bertz CT molecular complexity index is 1880. The van der Waals surface area contributed by atoms with Crippen LogP contribution in [0.3, 0.4) is 0 Å².